The number of hydrogen-bond acceptors (Lipinski definition) is 7. The number of thiazole rings is 1. The minimum atomic E-state index is -0.570. The molecule has 1 atom stereocenters. The molecule has 0 saturated carbocycles. The van der Waals surface area contributed by atoms with Crippen molar-refractivity contribution < 1.29 is 24.0 Å². The summed E-state index contributed by atoms with van der Waals surface area (Å²) in [7, 11) is 1.50. The topological polar surface area (TPSA) is 93.4 Å². The molecule has 0 bridgehead atoms. The zero-order valence-electron chi connectivity index (χ0n) is 16.2. The Morgan fingerprint density at radius 1 is 1.36 bits per heavy atom. The largest absolute Gasteiger partial charge is 0.442 e. The van der Waals surface area contributed by atoms with Gasteiger partial charge in [0.2, 0.25) is 16.6 Å². The van der Waals surface area contributed by atoms with Crippen LogP contribution in [0.5, 0.6) is 0 Å². The van der Waals surface area contributed by atoms with E-state index in [1.54, 1.807) is 0 Å². The van der Waals surface area contributed by atoms with Crippen LogP contribution < -0.4 is 9.70 Å². The maximum Gasteiger partial charge on any atom is 0.414 e. The Balaban J connectivity index is 1.86. The number of rotatable bonds is 5. The van der Waals surface area contributed by atoms with Gasteiger partial charge in [-0.3, -0.25) is 19.4 Å². The number of aromatic nitrogens is 1. The van der Waals surface area contributed by atoms with Crippen LogP contribution >= 0.6 is 11.3 Å². The van der Waals surface area contributed by atoms with Crippen molar-refractivity contribution in [3.05, 3.63) is 23.0 Å². The number of cyclic esters (lactones) is 1. The van der Waals surface area contributed by atoms with E-state index in [9.17, 15) is 14.4 Å². The summed E-state index contributed by atoms with van der Waals surface area (Å²) in [5, 5.41) is 4.04. The van der Waals surface area contributed by atoms with Gasteiger partial charge in [-0.05, 0) is 25.1 Å². The molecular weight excluding hydrogens is 384 g/mol. The van der Waals surface area contributed by atoms with Gasteiger partial charge in [0.05, 0.1) is 23.3 Å². The van der Waals surface area contributed by atoms with Crippen molar-refractivity contribution in [3.8, 4) is 0 Å². The fourth-order valence-corrected chi connectivity index (χ4v) is 4.30. The third kappa shape index (κ3) is 3.72. The molecule has 0 N–H and O–H groups in total. The second kappa shape index (κ2) is 8.01. The van der Waals surface area contributed by atoms with Gasteiger partial charge in [-0.15, -0.1) is 0 Å². The van der Waals surface area contributed by atoms with E-state index in [1.165, 1.54) is 37.2 Å². The molecule has 9 nitrogen and oxygen atoms in total. The van der Waals surface area contributed by atoms with Crippen LogP contribution in [0.2, 0.25) is 0 Å². The smallest absolute Gasteiger partial charge is 0.414 e. The van der Waals surface area contributed by atoms with Crippen LogP contribution in [0.15, 0.2) is 23.4 Å². The summed E-state index contributed by atoms with van der Waals surface area (Å²) in [4.78, 5) is 43.8. The number of amides is 3. The van der Waals surface area contributed by atoms with Gasteiger partial charge in [-0.1, -0.05) is 16.5 Å². The van der Waals surface area contributed by atoms with Crippen LogP contribution in [0.25, 0.3) is 10.2 Å². The number of imide groups is 1. The summed E-state index contributed by atoms with van der Waals surface area (Å²) in [6.07, 6.45) is -1.07. The molecule has 1 saturated heterocycles. The minimum Gasteiger partial charge on any atom is -0.442 e. The van der Waals surface area contributed by atoms with E-state index in [4.69, 9.17) is 9.57 Å². The molecule has 3 amide bonds. The predicted octanol–water partition coefficient (Wildman–Crippen LogP) is 1.90. The number of hydrogen-bond donors (Lipinski definition) is 0. The Morgan fingerprint density at radius 3 is 2.68 bits per heavy atom. The second-order valence-corrected chi connectivity index (χ2v) is 7.33. The quantitative estimate of drug-likeness (QED) is 0.707. The molecular formula is C18H22N4O5S. The lowest BCUT2D eigenvalue weighted by molar-refractivity contribution is -0.143. The average molecular weight is 406 g/mol. The summed E-state index contributed by atoms with van der Waals surface area (Å²) < 4.78 is 8.34. The molecule has 1 aromatic carbocycles. The molecule has 1 aromatic heterocycles. The lowest BCUT2D eigenvalue weighted by Crippen LogP contribution is -2.40. The third-order valence-electron chi connectivity index (χ3n) is 4.48. The molecule has 1 aliphatic rings. The van der Waals surface area contributed by atoms with Crippen molar-refractivity contribution in [2.75, 3.05) is 25.1 Å². The summed E-state index contributed by atoms with van der Waals surface area (Å²) >= 11 is 1.46. The van der Waals surface area contributed by atoms with E-state index in [1.807, 2.05) is 29.7 Å². The maximum absolute atomic E-state index is 12.3. The first-order chi connectivity index (χ1) is 13.3. The Labute approximate surface area is 165 Å². The number of anilines is 1. The average Bonchev–Trinajstić information content (AvgIpc) is 3.18. The summed E-state index contributed by atoms with van der Waals surface area (Å²) in [5.41, 5.74) is 1.68. The molecule has 0 spiro atoms. The third-order valence-corrected chi connectivity index (χ3v) is 5.51. The lowest BCUT2D eigenvalue weighted by atomic mass is 10.2. The van der Waals surface area contributed by atoms with Gasteiger partial charge >= 0.3 is 6.09 Å². The molecule has 1 fully saturated rings. The fraction of sp³-hybridized carbons (Fsp3) is 0.444. The Morgan fingerprint density at radius 2 is 2.07 bits per heavy atom. The summed E-state index contributed by atoms with van der Waals surface area (Å²) in [6.45, 7) is 5.68. The molecule has 0 aliphatic carbocycles. The highest BCUT2D eigenvalue weighted by Crippen LogP contribution is 2.28. The highest BCUT2D eigenvalue weighted by atomic mass is 32.1. The van der Waals surface area contributed by atoms with Crippen molar-refractivity contribution >= 4 is 45.1 Å². The van der Waals surface area contributed by atoms with Gasteiger partial charge in [-0.2, -0.15) is 0 Å². The second-order valence-electron chi connectivity index (χ2n) is 6.32. The number of fused-ring (bicyclic) bond motifs is 1. The monoisotopic (exact) mass is 406 g/mol. The van der Waals surface area contributed by atoms with Crippen LogP contribution in [-0.4, -0.2) is 53.7 Å². The van der Waals surface area contributed by atoms with E-state index in [0.29, 0.717) is 5.69 Å². The molecule has 1 aliphatic heterocycles. The van der Waals surface area contributed by atoms with Crippen molar-refractivity contribution in [1.82, 2.24) is 9.47 Å². The van der Waals surface area contributed by atoms with E-state index < -0.39 is 12.2 Å². The molecule has 0 radical (unpaired) electrons. The fourth-order valence-electron chi connectivity index (χ4n) is 3.19. The van der Waals surface area contributed by atoms with Crippen LogP contribution in [0.4, 0.5) is 10.5 Å². The molecule has 2 heterocycles. The molecule has 3 rings (SSSR count). The standard InChI is InChI=1S/C18H22N4O5S/c1-5-20-15-7-6-13(8-16(15)28-17(20)19-26-4)22-10-14(27-18(22)25)9-21(11(2)23)12(3)24/h6-8,14H,5,9-10H2,1-4H3/t14-/m0/s1. The van der Waals surface area contributed by atoms with Crippen molar-refractivity contribution in [1.29, 1.82) is 0 Å². The van der Waals surface area contributed by atoms with Gasteiger partial charge in [0.1, 0.15) is 13.2 Å². The molecule has 10 heteroatoms. The van der Waals surface area contributed by atoms with Crippen LogP contribution in [0, 0.1) is 0 Å². The zero-order valence-corrected chi connectivity index (χ0v) is 17.0. The molecule has 150 valence electrons. The van der Waals surface area contributed by atoms with E-state index in [0.717, 1.165) is 26.5 Å². The first-order valence-corrected chi connectivity index (χ1v) is 9.64. The van der Waals surface area contributed by atoms with Gasteiger partial charge in [0.25, 0.3) is 0 Å². The highest BCUT2D eigenvalue weighted by molar-refractivity contribution is 7.16. The molecule has 0 unspecified atom stereocenters. The first-order valence-electron chi connectivity index (χ1n) is 8.83. The number of benzene rings is 1. The first kappa shape index (κ1) is 19.9. The number of ether oxygens (including phenoxy) is 1. The van der Waals surface area contributed by atoms with E-state index in [-0.39, 0.29) is 24.9 Å². The van der Waals surface area contributed by atoms with Gasteiger partial charge < -0.3 is 14.1 Å². The Bertz CT molecular complexity index is 982. The summed E-state index contributed by atoms with van der Waals surface area (Å²) in [5.74, 6) is -0.749. The highest BCUT2D eigenvalue weighted by Gasteiger charge is 2.35. The maximum atomic E-state index is 12.3. The summed E-state index contributed by atoms with van der Waals surface area (Å²) in [6, 6.07) is 5.67. The number of aryl methyl sites for hydroxylation is 1. The Kier molecular flexibility index (Phi) is 5.68. The van der Waals surface area contributed by atoms with E-state index >= 15 is 0 Å². The number of carbonyl (C=O) groups is 3. The SMILES string of the molecule is CCn1c(=NOC)sc2cc(N3C[C@H](CN(C(C)=O)C(C)=O)OC3=O)ccc21. The lowest BCUT2D eigenvalue weighted by Gasteiger charge is -2.20. The zero-order chi connectivity index (χ0) is 20.4. The van der Waals surface area contributed by atoms with Gasteiger partial charge in [0, 0.05) is 26.1 Å². The van der Waals surface area contributed by atoms with Crippen LogP contribution in [0.3, 0.4) is 0 Å². The minimum absolute atomic E-state index is 0.0425. The normalized spacial score (nSPS) is 17.1. The van der Waals surface area contributed by atoms with E-state index in [2.05, 4.69) is 5.16 Å². The number of nitrogens with zero attached hydrogens (tertiary/aromatic N) is 4. The predicted molar refractivity (Wildman–Crippen MR) is 104 cm³/mol. The molecule has 2 aromatic rings. The van der Waals surface area contributed by atoms with Crippen molar-refractivity contribution in [2.45, 2.75) is 33.4 Å². The van der Waals surface area contributed by atoms with Crippen LogP contribution in [-0.2, 0) is 25.7 Å². The van der Waals surface area contributed by atoms with Gasteiger partial charge in [0.15, 0.2) is 0 Å². The Hall–Kier alpha value is -2.88. The van der Waals surface area contributed by atoms with Crippen molar-refractivity contribution in [2.24, 2.45) is 5.16 Å². The number of carbonyl (C=O) groups excluding carboxylic acids is 3. The van der Waals surface area contributed by atoms with Crippen LogP contribution in [0.1, 0.15) is 20.8 Å². The molecule has 28 heavy (non-hydrogen) atoms. The van der Waals surface area contributed by atoms with Gasteiger partial charge in [-0.25, -0.2) is 4.79 Å². The van der Waals surface area contributed by atoms with Crippen molar-refractivity contribution in [3.63, 3.8) is 0 Å².